The molecule has 1 saturated heterocycles. The van der Waals surface area contributed by atoms with Crippen LogP contribution in [0.1, 0.15) is 31.3 Å². The van der Waals surface area contributed by atoms with Crippen LogP contribution in [0.15, 0.2) is 12.4 Å². The van der Waals surface area contributed by atoms with Gasteiger partial charge in [0.2, 0.25) is 0 Å². The summed E-state index contributed by atoms with van der Waals surface area (Å²) in [5, 5.41) is 8.79. The van der Waals surface area contributed by atoms with Crippen LogP contribution in [-0.4, -0.2) is 45.8 Å². The molecule has 1 aliphatic rings. The number of aromatic nitrogens is 2. The highest BCUT2D eigenvalue weighted by molar-refractivity contribution is 5.84. The third-order valence-electron chi connectivity index (χ3n) is 3.22. The highest BCUT2D eigenvalue weighted by atomic mass is 16.5. The van der Waals surface area contributed by atoms with Crippen molar-refractivity contribution in [1.29, 1.82) is 0 Å². The van der Waals surface area contributed by atoms with E-state index in [2.05, 4.69) is 21.8 Å². The van der Waals surface area contributed by atoms with E-state index in [9.17, 15) is 4.79 Å². The second kappa shape index (κ2) is 4.89. The lowest BCUT2D eigenvalue weighted by atomic mass is 10.1. The molecule has 3 unspecified atom stereocenters. The highest BCUT2D eigenvalue weighted by Gasteiger charge is 2.30. The van der Waals surface area contributed by atoms with Gasteiger partial charge in [-0.05, 0) is 20.8 Å². The van der Waals surface area contributed by atoms with Gasteiger partial charge in [-0.15, -0.1) is 0 Å². The molecule has 6 nitrogen and oxygen atoms in total. The molecule has 1 fully saturated rings. The molecule has 1 aromatic heterocycles. The Morgan fingerprint density at radius 3 is 2.67 bits per heavy atom. The van der Waals surface area contributed by atoms with Crippen LogP contribution in [0.25, 0.3) is 0 Å². The molecule has 2 heterocycles. The number of morpholine rings is 1. The van der Waals surface area contributed by atoms with Crippen molar-refractivity contribution >= 4 is 11.8 Å². The summed E-state index contributed by atoms with van der Waals surface area (Å²) in [7, 11) is 0. The zero-order valence-electron chi connectivity index (χ0n) is 10.7. The van der Waals surface area contributed by atoms with Crippen molar-refractivity contribution in [2.24, 2.45) is 0 Å². The van der Waals surface area contributed by atoms with Crippen LogP contribution >= 0.6 is 0 Å². The summed E-state index contributed by atoms with van der Waals surface area (Å²) in [6, 6.07) is 0.186. The van der Waals surface area contributed by atoms with Crippen molar-refractivity contribution in [2.75, 3.05) is 11.4 Å². The molecule has 98 valence electrons. The fraction of sp³-hybridized carbons (Fsp3) is 0.583. The summed E-state index contributed by atoms with van der Waals surface area (Å²) in [5.74, 6) is -0.375. The molecular weight excluding hydrogens is 234 g/mol. The van der Waals surface area contributed by atoms with Crippen molar-refractivity contribution < 1.29 is 14.6 Å². The molecule has 1 N–H and O–H groups in total. The SMILES string of the molecule is CC1CN(c2cnc(C(=O)O)cn2)C(C)C(C)O1. The van der Waals surface area contributed by atoms with Gasteiger partial charge in [0.05, 0.1) is 30.6 Å². The van der Waals surface area contributed by atoms with E-state index in [0.29, 0.717) is 5.82 Å². The number of carbonyl (C=O) groups is 1. The van der Waals surface area contributed by atoms with Crippen molar-refractivity contribution in [2.45, 2.75) is 39.0 Å². The van der Waals surface area contributed by atoms with E-state index in [1.165, 1.54) is 12.4 Å². The number of ether oxygens (including phenoxy) is 1. The maximum absolute atomic E-state index is 10.7. The summed E-state index contributed by atoms with van der Waals surface area (Å²) < 4.78 is 5.73. The van der Waals surface area contributed by atoms with E-state index in [-0.39, 0.29) is 23.9 Å². The molecule has 1 aromatic rings. The minimum absolute atomic E-state index is 0.0410. The highest BCUT2D eigenvalue weighted by Crippen LogP contribution is 2.22. The maximum atomic E-state index is 10.7. The number of nitrogens with zero attached hydrogens (tertiary/aromatic N) is 3. The minimum atomic E-state index is -1.06. The van der Waals surface area contributed by atoms with Crippen LogP contribution in [0.4, 0.5) is 5.82 Å². The Balaban J connectivity index is 2.21. The lowest BCUT2D eigenvalue weighted by Gasteiger charge is -2.41. The third-order valence-corrected chi connectivity index (χ3v) is 3.22. The fourth-order valence-electron chi connectivity index (χ4n) is 2.10. The average molecular weight is 251 g/mol. The molecule has 0 spiro atoms. The van der Waals surface area contributed by atoms with Crippen LogP contribution in [0.3, 0.4) is 0 Å². The molecule has 0 bridgehead atoms. The Morgan fingerprint density at radius 1 is 1.39 bits per heavy atom. The Bertz CT molecular complexity index is 435. The number of hydrogen-bond donors (Lipinski definition) is 1. The largest absolute Gasteiger partial charge is 0.476 e. The van der Waals surface area contributed by atoms with E-state index in [4.69, 9.17) is 9.84 Å². The van der Waals surface area contributed by atoms with Crippen molar-refractivity contribution in [3.05, 3.63) is 18.1 Å². The fourth-order valence-corrected chi connectivity index (χ4v) is 2.10. The summed E-state index contributed by atoms with van der Waals surface area (Å²) in [6.45, 7) is 6.82. The Kier molecular flexibility index (Phi) is 3.47. The summed E-state index contributed by atoms with van der Waals surface area (Å²) >= 11 is 0. The van der Waals surface area contributed by atoms with E-state index in [1.54, 1.807) is 0 Å². The van der Waals surface area contributed by atoms with E-state index in [1.807, 2.05) is 13.8 Å². The standard InChI is InChI=1S/C12H17N3O3/c1-7-6-15(8(2)9(3)18-7)11-5-13-10(4-14-11)12(16)17/h4-5,7-9H,6H2,1-3H3,(H,16,17). The van der Waals surface area contributed by atoms with Crippen LogP contribution in [-0.2, 0) is 4.74 Å². The maximum Gasteiger partial charge on any atom is 0.356 e. The average Bonchev–Trinajstić information content (AvgIpc) is 2.34. The van der Waals surface area contributed by atoms with E-state index in [0.717, 1.165) is 6.54 Å². The molecule has 0 amide bonds. The second-order valence-corrected chi connectivity index (χ2v) is 4.61. The van der Waals surface area contributed by atoms with Gasteiger partial charge in [-0.3, -0.25) is 0 Å². The van der Waals surface area contributed by atoms with Gasteiger partial charge in [0, 0.05) is 6.54 Å². The molecule has 0 radical (unpaired) electrons. The van der Waals surface area contributed by atoms with Gasteiger partial charge in [0.1, 0.15) is 5.82 Å². The zero-order chi connectivity index (χ0) is 13.3. The number of carboxylic acids is 1. The molecule has 0 aliphatic carbocycles. The van der Waals surface area contributed by atoms with Gasteiger partial charge in [-0.1, -0.05) is 0 Å². The lowest BCUT2D eigenvalue weighted by molar-refractivity contribution is -0.0260. The van der Waals surface area contributed by atoms with Gasteiger partial charge < -0.3 is 14.7 Å². The van der Waals surface area contributed by atoms with Crippen LogP contribution in [0, 0.1) is 0 Å². The van der Waals surface area contributed by atoms with Gasteiger partial charge >= 0.3 is 5.97 Å². The van der Waals surface area contributed by atoms with Crippen molar-refractivity contribution in [3.8, 4) is 0 Å². The number of aromatic carboxylic acids is 1. The molecule has 3 atom stereocenters. The molecule has 18 heavy (non-hydrogen) atoms. The second-order valence-electron chi connectivity index (χ2n) is 4.61. The van der Waals surface area contributed by atoms with Gasteiger partial charge in [-0.25, -0.2) is 14.8 Å². The first-order valence-electron chi connectivity index (χ1n) is 5.96. The molecule has 0 saturated carbocycles. The van der Waals surface area contributed by atoms with Crippen molar-refractivity contribution in [1.82, 2.24) is 9.97 Å². The summed E-state index contributed by atoms with van der Waals surface area (Å²) in [5.41, 5.74) is -0.0410. The normalized spacial score (nSPS) is 28.2. The zero-order valence-corrected chi connectivity index (χ0v) is 10.7. The molecule has 0 aromatic carbocycles. The van der Waals surface area contributed by atoms with Gasteiger partial charge in [0.25, 0.3) is 0 Å². The van der Waals surface area contributed by atoms with Crippen LogP contribution in [0.2, 0.25) is 0 Å². The Morgan fingerprint density at radius 2 is 2.11 bits per heavy atom. The number of anilines is 1. The topological polar surface area (TPSA) is 75.6 Å². The molecule has 1 aliphatic heterocycles. The van der Waals surface area contributed by atoms with Gasteiger partial charge in [0.15, 0.2) is 5.69 Å². The summed E-state index contributed by atoms with van der Waals surface area (Å²) in [6.07, 6.45) is 3.02. The first kappa shape index (κ1) is 12.8. The van der Waals surface area contributed by atoms with Crippen LogP contribution < -0.4 is 4.90 Å². The smallest absolute Gasteiger partial charge is 0.356 e. The predicted octanol–water partition coefficient (Wildman–Crippen LogP) is 1.18. The van der Waals surface area contributed by atoms with E-state index < -0.39 is 5.97 Å². The lowest BCUT2D eigenvalue weighted by Crippen LogP contribution is -2.52. The van der Waals surface area contributed by atoms with Crippen LogP contribution in [0.5, 0.6) is 0 Å². The predicted molar refractivity (Wildman–Crippen MR) is 65.8 cm³/mol. The minimum Gasteiger partial charge on any atom is -0.476 e. The quantitative estimate of drug-likeness (QED) is 0.850. The molecule has 6 heteroatoms. The Labute approximate surface area is 106 Å². The van der Waals surface area contributed by atoms with Crippen molar-refractivity contribution in [3.63, 3.8) is 0 Å². The molecule has 2 rings (SSSR count). The molecular formula is C12H17N3O3. The first-order valence-corrected chi connectivity index (χ1v) is 5.96. The third kappa shape index (κ3) is 2.43. The van der Waals surface area contributed by atoms with Gasteiger partial charge in [-0.2, -0.15) is 0 Å². The Hall–Kier alpha value is -1.69. The first-order chi connectivity index (χ1) is 8.49. The number of carboxylic acid groups (broad SMARTS) is 1. The monoisotopic (exact) mass is 251 g/mol. The van der Waals surface area contributed by atoms with E-state index >= 15 is 0 Å². The summed E-state index contributed by atoms with van der Waals surface area (Å²) in [4.78, 5) is 20.9. The number of hydrogen-bond acceptors (Lipinski definition) is 5. The number of rotatable bonds is 2.